The molecule has 1 aliphatic heterocycles. The number of nitro benzene ring substituents is 1. The molecule has 0 spiro atoms. The van der Waals surface area contributed by atoms with Crippen LogP contribution < -0.4 is 19.6 Å². The normalized spacial score (nSPS) is 15.0. The quantitative estimate of drug-likeness (QED) is 0.148. The zero-order valence-electron chi connectivity index (χ0n) is 23.3. The monoisotopic (exact) mass is 651 g/mol. The summed E-state index contributed by atoms with van der Waals surface area (Å²) in [6.45, 7) is 7.06. The van der Waals surface area contributed by atoms with Crippen LogP contribution in [-0.4, -0.2) is 28.7 Å². The lowest BCUT2D eigenvalue weighted by molar-refractivity contribution is -0.384. The molecule has 1 aliphatic rings. The summed E-state index contributed by atoms with van der Waals surface area (Å²) < 4.78 is 19.7. The van der Waals surface area contributed by atoms with Crippen molar-refractivity contribution in [3.8, 4) is 17.1 Å². The lowest BCUT2D eigenvalue weighted by Crippen LogP contribution is -2.40. The van der Waals surface area contributed by atoms with Crippen LogP contribution in [0.4, 0.5) is 5.69 Å². The molecule has 0 aliphatic carbocycles. The molecule has 4 aromatic rings. The molecule has 0 amide bonds. The SMILES string of the molecule is COc1ccc(Br)cc1[C@H]1C(C(=O)OC(C)C)=C(C)N=c2s/c(=C\c3ccc(-c4cc([N+](=O)[O-])ccc4C)o3)c(=O)n21. The Morgan fingerprint density at radius 1 is 1.19 bits per heavy atom. The number of nitro groups is 1. The van der Waals surface area contributed by atoms with Crippen molar-refractivity contribution in [1.82, 2.24) is 4.57 Å². The summed E-state index contributed by atoms with van der Waals surface area (Å²) in [6.07, 6.45) is 1.22. The predicted octanol–water partition coefficient (Wildman–Crippen LogP) is 5.43. The maximum Gasteiger partial charge on any atom is 0.338 e. The van der Waals surface area contributed by atoms with Crippen LogP contribution in [0.2, 0.25) is 0 Å². The first-order valence-corrected chi connectivity index (χ1v) is 14.5. The summed E-state index contributed by atoms with van der Waals surface area (Å²) in [5.74, 6) is 0.732. The molecule has 0 saturated carbocycles. The topological polar surface area (TPSA) is 126 Å². The number of aromatic nitrogens is 1. The first-order chi connectivity index (χ1) is 20.0. The lowest BCUT2D eigenvalue weighted by atomic mass is 9.95. The molecule has 216 valence electrons. The van der Waals surface area contributed by atoms with E-state index >= 15 is 0 Å². The number of carbonyl (C=O) groups is 1. The second kappa shape index (κ2) is 11.5. The van der Waals surface area contributed by atoms with E-state index in [0.717, 1.165) is 21.4 Å². The molecular weight excluding hydrogens is 626 g/mol. The second-order valence-corrected chi connectivity index (χ2v) is 11.8. The number of carbonyl (C=O) groups excluding carboxylic acids is 1. The number of rotatable bonds is 7. The van der Waals surface area contributed by atoms with Crippen LogP contribution >= 0.6 is 27.3 Å². The number of ether oxygens (including phenoxy) is 2. The van der Waals surface area contributed by atoms with Gasteiger partial charge in [0.05, 0.1) is 33.9 Å². The van der Waals surface area contributed by atoms with Crippen LogP contribution in [0.1, 0.15) is 43.7 Å². The first-order valence-electron chi connectivity index (χ1n) is 12.9. The molecule has 12 heteroatoms. The zero-order chi connectivity index (χ0) is 30.3. The van der Waals surface area contributed by atoms with Crippen molar-refractivity contribution in [2.24, 2.45) is 4.99 Å². The fourth-order valence-corrected chi connectivity index (χ4v) is 6.17. The van der Waals surface area contributed by atoms with Gasteiger partial charge in [0.15, 0.2) is 4.80 Å². The minimum atomic E-state index is -0.859. The second-order valence-electron chi connectivity index (χ2n) is 9.88. The zero-order valence-corrected chi connectivity index (χ0v) is 25.7. The predicted molar refractivity (Wildman–Crippen MR) is 161 cm³/mol. The van der Waals surface area contributed by atoms with Crippen LogP contribution in [0, 0.1) is 17.0 Å². The highest BCUT2D eigenvalue weighted by Gasteiger charge is 2.35. The Labute approximate surface area is 252 Å². The number of hydrogen-bond acceptors (Lipinski definition) is 9. The molecule has 3 heterocycles. The van der Waals surface area contributed by atoms with E-state index in [1.165, 1.54) is 23.8 Å². The Bertz CT molecular complexity index is 1950. The van der Waals surface area contributed by atoms with Crippen molar-refractivity contribution in [3.05, 3.63) is 111 Å². The molecule has 10 nitrogen and oxygen atoms in total. The Hall–Kier alpha value is -4.29. The minimum absolute atomic E-state index is 0.0491. The number of halogens is 1. The number of benzene rings is 2. The largest absolute Gasteiger partial charge is 0.496 e. The van der Waals surface area contributed by atoms with Gasteiger partial charge in [-0.3, -0.25) is 19.5 Å². The number of fused-ring (bicyclic) bond motifs is 1. The number of allylic oxidation sites excluding steroid dienone is 1. The van der Waals surface area contributed by atoms with Gasteiger partial charge >= 0.3 is 5.97 Å². The maximum absolute atomic E-state index is 14.0. The number of methoxy groups -OCH3 is 1. The Morgan fingerprint density at radius 2 is 1.95 bits per heavy atom. The van der Waals surface area contributed by atoms with Crippen molar-refractivity contribution in [2.45, 2.75) is 39.8 Å². The Morgan fingerprint density at radius 3 is 2.64 bits per heavy atom. The molecule has 0 radical (unpaired) electrons. The third-order valence-corrected chi connectivity index (χ3v) is 8.14. The average molecular weight is 653 g/mol. The van der Waals surface area contributed by atoms with Crippen molar-refractivity contribution in [3.63, 3.8) is 0 Å². The number of nitrogens with zero attached hydrogens (tertiary/aromatic N) is 3. The van der Waals surface area contributed by atoms with Crippen LogP contribution in [0.5, 0.6) is 5.75 Å². The Kier molecular flexibility index (Phi) is 8.02. The van der Waals surface area contributed by atoms with Gasteiger partial charge in [-0.1, -0.05) is 33.3 Å². The van der Waals surface area contributed by atoms with Gasteiger partial charge in [0.25, 0.3) is 11.2 Å². The number of non-ortho nitro benzene ring substituents is 1. The number of thiazole rings is 1. The van der Waals surface area contributed by atoms with E-state index in [1.54, 1.807) is 51.1 Å². The summed E-state index contributed by atoms with van der Waals surface area (Å²) in [7, 11) is 1.52. The van der Waals surface area contributed by atoms with Crippen molar-refractivity contribution in [1.29, 1.82) is 0 Å². The van der Waals surface area contributed by atoms with E-state index < -0.39 is 16.9 Å². The molecule has 2 aromatic heterocycles. The van der Waals surface area contributed by atoms with Gasteiger partial charge in [0.1, 0.15) is 23.3 Å². The summed E-state index contributed by atoms with van der Waals surface area (Å²) in [5, 5.41) is 11.3. The minimum Gasteiger partial charge on any atom is -0.496 e. The average Bonchev–Trinajstić information content (AvgIpc) is 3.51. The standard InChI is InChI=1S/C30H26BrN3O7S/c1-15(2)40-29(36)26-17(4)32-30-33(27(26)22-12-18(31)7-10-23(22)39-5)28(35)25(42-30)14-20-9-11-24(41-20)21-13-19(34(37)38)8-6-16(21)3/h6-15,27H,1-5H3/b25-14-/t27-/m0/s1. The lowest BCUT2D eigenvalue weighted by Gasteiger charge is -2.26. The molecule has 5 rings (SSSR count). The number of hydrogen-bond donors (Lipinski definition) is 0. The van der Waals surface area contributed by atoms with Gasteiger partial charge in [-0.25, -0.2) is 9.79 Å². The van der Waals surface area contributed by atoms with Gasteiger partial charge in [-0.05, 0) is 63.6 Å². The van der Waals surface area contributed by atoms with Crippen LogP contribution in [-0.2, 0) is 9.53 Å². The van der Waals surface area contributed by atoms with Gasteiger partial charge in [-0.2, -0.15) is 0 Å². The van der Waals surface area contributed by atoms with E-state index in [2.05, 4.69) is 20.9 Å². The molecule has 0 saturated heterocycles. The van der Waals surface area contributed by atoms with E-state index in [9.17, 15) is 19.7 Å². The Balaban J connectivity index is 1.67. The highest BCUT2D eigenvalue weighted by molar-refractivity contribution is 9.10. The molecule has 0 N–H and O–H groups in total. The van der Waals surface area contributed by atoms with Crippen molar-refractivity contribution in [2.75, 3.05) is 7.11 Å². The third kappa shape index (κ3) is 5.47. The van der Waals surface area contributed by atoms with Gasteiger partial charge in [-0.15, -0.1) is 0 Å². The molecular formula is C30H26BrN3O7S. The van der Waals surface area contributed by atoms with E-state index in [-0.39, 0.29) is 22.9 Å². The van der Waals surface area contributed by atoms with Crippen LogP contribution in [0.15, 0.2) is 78.5 Å². The third-order valence-electron chi connectivity index (χ3n) is 6.67. The number of furan rings is 1. The fourth-order valence-electron chi connectivity index (χ4n) is 4.77. The summed E-state index contributed by atoms with van der Waals surface area (Å²) >= 11 is 4.66. The summed E-state index contributed by atoms with van der Waals surface area (Å²) in [6, 6.07) is 12.5. The van der Waals surface area contributed by atoms with Gasteiger partial charge < -0.3 is 13.9 Å². The van der Waals surface area contributed by atoms with Crippen LogP contribution in [0.25, 0.3) is 17.4 Å². The number of esters is 1. The maximum atomic E-state index is 14.0. The van der Waals surface area contributed by atoms with Crippen molar-refractivity contribution >= 4 is 45.0 Å². The fraction of sp³-hybridized carbons (Fsp3) is 0.233. The van der Waals surface area contributed by atoms with Crippen LogP contribution in [0.3, 0.4) is 0 Å². The van der Waals surface area contributed by atoms with Gasteiger partial charge in [0, 0.05) is 33.8 Å². The van der Waals surface area contributed by atoms with E-state index in [1.807, 2.05) is 19.1 Å². The summed E-state index contributed by atoms with van der Waals surface area (Å²) in [4.78, 5) is 43.2. The molecule has 0 fully saturated rings. The molecule has 2 aromatic carbocycles. The van der Waals surface area contributed by atoms with Gasteiger partial charge in [0.2, 0.25) is 0 Å². The summed E-state index contributed by atoms with van der Waals surface area (Å²) in [5.41, 5.74) is 2.22. The van der Waals surface area contributed by atoms with E-state index in [0.29, 0.717) is 43.4 Å². The molecule has 0 bridgehead atoms. The smallest absolute Gasteiger partial charge is 0.338 e. The first kappa shape index (κ1) is 29.2. The highest BCUT2D eigenvalue weighted by atomic mass is 79.9. The van der Waals surface area contributed by atoms with E-state index in [4.69, 9.17) is 13.9 Å². The molecule has 42 heavy (non-hydrogen) atoms. The molecule has 1 atom stereocenters. The number of aryl methyl sites for hydroxylation is 1. The molecule has 0 unspecified atom stereocenters. The highest BCUT2D eigenvalue weighted by Crippen LogP contribution is 2.37. The van der Waals surface area contributed by atoms with Crippen molar-refractivity contribution < 1.29 is 23.6 Å².